The number of benzene rings is 2. The molecule has 2 aliphatic rings. The quantitative estimate of drug-likeness (QED) is 0.873. The van der Waals surface area contributed by atoms with Gasteiger partial charge in [-0.15, -0.1) is 0 Å². The number of carbonyl (C=O) groups is 1. The second kappa shape index (κ2) is 5.66. The van der Waals surface area contributed by atoms with Gasteiger partial charge in [0.2, 0.25) is 5.91 Å². The van der Waals surface area contributed by atoms with E-state index in [0.717, 1.165) is 12.2 Å². The molecule has 130 valence electrons. The van der Waals surface area contributed by atoms with Gasteiger partial charge >= 0.3 is 0 Å². The van der Waals surface area contributed by atoms with Crippen molar-refractivity contribution in [1.82, 2.24) is 0 Å². The van der Waals surface area contributed by atoms with Gasteiger partial charge in [-0.25, -0.2) is 8.42 Å². The number of amides is 1. The van der Waals surface area contributed by atoms with Gasteiger partial charge in [0.15, 0.2) is 0 Å². The highest BCUT2D eigenvalue weighted by atomic mass is 32.2. The molecule has 4 rings (SSSR count). The van der Waals surface area contributed by atoms with Crippen molar-refractivity contribution in [2.45, 2.75) is 11.3 Å². The van der Waals surface area contributed by atoms with E-state index < -0.39 is 10.0 Å². The van der Waals surface area contributed by atoms with Gasteiger partial charge in [-0.05, 0) is 35.9 Å². The van der Waals surface area contributed by atoms with Crippen molar-refractivity contribution in [2.75, 3.05) is 35.1 Å². The topological polar surface area (TPSA) is 87.7 Å². The van der Waals surface area contributed by atoms with Crippen LogP contribution in [0.5, 0.6) is 5.75 Å². The molecule has 2 N–H and O–H groups in total. The van der Waals surface area contributed by atoms with E-state index in [4.69, 9.17) is 4.74 Å². The van der Waals surface area contributed by atoms with Gasteiger partial charge in [0.05, 0.1) is 29.2 Å². The third kappa shape index (κ3) is 2.89. The first-order valence-electron chi connectivity index (χ1n) is 7.86. The van der Waals surface area contributed by atoms with E-state index in [-0.39, 0.29) is 17.2 Å². The molecule has 2 aromatic rings. The Hall–Kier alpha value is -2.74. The normalized spacial score (nSPS) is 15.9. The molecule has 0 aliphatic carbocycles. The highest BCUT2D eigenvalue weighted by Crippen LogP contribution is 2.34. The predicted molar refractivity (Wildman–Crippen MR) is 94.8 cm³/mol. The van der Waals surface area contributed by atoms with Crippen LogP contribution < -0.4 is 19.7 Å². The molecule has 0 saturated carbocycles. The minimum Gasteiger partial charge on any atom is -0.489 e. The Labute approximate surface area is 145 Å². The van der Waals surface area contributed by atoms with Crippen LogP contribution in [-0.2, 0) is 21.2 Å². The Bertz CT molecular complexity index is 972. The summed E-state index contributed by atoms with van der Waals surface area (Å²) in [5.41, 5.74) is 2.71. The summed E-state index contributed by atoms with van der Waals surface area (Å²) in [4.78, 5) is 13.6. The summed E-state index contributed by atoms with van der Waals surface area (Å²) in [7, 11) is -1.79. The average Bonchev–Trinajstić information content (AvgIpc) is 2.93. The molecule has 0 aromatic heterocycles. The van der Waals surface area contributed by atoms with Crippen LogP contribution in [0.15, 0.2) is 41.3 Å². The smallest absolute Gasteiger partial charge is 0.261 e. The van der Waals surface area contributed by atoms with E-state index in [9.17, 15) is 13.2 Å². The Morgan fingerprint density at radius 2 is 2.04 bits per heavy atom. The molecule has 0 saturated heterocycles. The number of rotatable bonds is 3. The Morgan fingerprint density at radius 3 is 2.88 bits per heavy atom. The molecule has 8 heteroatoms. The number of sulfonamides is 1. The summed E-state index contributed by atoms with van der Waals surface area (Å²) in [5, 5.41) is 2.69. The van der Waals surface area contributed by atoms with E-state index in [1.165, 1.54) is 12.1 Å². The number of carbonyl (C=O) groups excluding carboxylic acids is 1. The first-order valence-corrected chi connectivity index (χ1v) is 9.34. The third-order valence-corrected chi connectivity index (χ3v) is 5.70. The first-order chi connectivity index (χ1) is 11.9. The van der Waals surface area contributed by atoms with Gasteiger partial charge in [-0.2, -0.15) is 0 Å². The van der Waals surface area contributed by atoms with E-state index in [1.54, 1.807) is 18.2 Å². The molecule has 0 fully saturated rings. The van der Waals surface area contributed by atoms with Crippen LogP contribution in [0.4, 0.5) is 17.1 Å². The monoisotopic (exact) mass is 359 g/mol. The lowest BCUT2D eigenvalue weighted by Gasteiger charge is -2.28. The highest BCUT2D eigenvalue weighted by Gasteiger charge is 2.23. The maximum Gasteiger partial charge on any atom is 0.261 e. The van der Waals surface area contributed by atoms with Gasteiger partial charge in [-0.1, -0.05) is 0 Å². The predicted octanol–water partition coefficient (Wildman–Crippen LogP) is 1.81. The summed E-state index contributed by atoms with van der Waals surface area (Å²) in [6, 6.07) is 9.84. The summed E-state index contributed by atoms with van der Waals surface area (Å²) in [6.45, 7) is 1.35. The minimum atomic E-state index is -3.75. The summed E-state index contributed by atoms with van der Waals surface area (Å²) in [5.74, 6) is 0.520. The fourth-order valence-electron chi connectivity index (χ4n) is 3.01. The van der Waals surface area contributed by atoms with Gasteiger partial charge in [0.1, 0.15) is 12.4 Å². The lowest BCUT2D eigenvalue weighted by atomic mass is 10.2. The average molecular weight is 359 g/mol. The Morgan fingerprint density at radius 1 is 1.20 bits per heavy atom. The molecular formula is C17H17N3O4S. The van der Waals surface area contributed by atoms with Crippen LogP contribution >= 0.6 is 0 Å². The molecule has 0 spiro atoms. The maximum atomic E-state index is 12.6. The van der Waals surface area contributed by atoms with Crippen molar-refractivity contribution in [1.29, 1.82) is 0 Å². The molecule has 0 bridgehead atoms. The van der Waals surface area contributed by atoms with Gasteiger partial charge < -0.3 is 15.0 Å². The van der Waals surface area contributed by atoms with Crippen LogP contribution in [-0.4, -0.2) is 34.5 Å². The van der Waals surface area contributed by atoms with Crippen LogP contribution in [0, 0.1) is 0 Å². The van der Waals surface area contributed by atoms with E-state index in [0.29, 0.717) is 29.3 Å². The van der Waals surface area contributed by atoms with Crippen molar-refractivity contribution in [3.63, 3.8) is 0 Å². The van der Waals surface area contributed by atoms with Crippen molar-refractivity contribution in [3.8, 4) is 5.75 Å². The van der Waals surface area contributed by atoms with Crippen LogP contribution in [0.2, 0.25) is 0 Å². The van der Waals surface area contributed by atoms with Crippen molar-refractivity contribution < 1.29 is 17.9 Å². The highest BCUT2D eigenvalue weighted by molar-refractivity contribution is 7.92. The van der Waals surface area contributed by atoms with Crippen molar-refractivity contribution >= 4 is 33.0 Å². The summed E-state index contributed by atoms with van der Waals surface area (Å²) in [6.07, 6.45) is 0.192. The molecule has 0 atom stereocenters. The number of nitrogens with one attached hydrogen (secondary N) is 2. The largest absolute Gasteiger partial charge is 0.489 e. The maximum absolute atomic E-state index is 12.6. The van der Waals surface area contributed by atoms with Gasteiger partial charge in [-0.3, -0.25) is 9.52 Å². The molecule has 1 amide bonds. The number of ether oxygens (including phenoxy) is 1. The molecular weight excluding hydrogens is 342 g/mol. The molecule has 2 heterocycles. The molecule has 0 radical (unpaired) electrons. The molecule has 2 aromatic carbocycles. The van der Waals surface area contributed by atoms with Crippen molar-refractivity contribution in [3.05, 3.63) is 42.0 Å². The SMILES string of the molecule is CN1CCOc2cc(NS(=O)(=O)c3ccc4c(c3)CC(=O)N4)ccc21. The van der Waals surface area contributed by atoms with Crippen LogP contribution in [0.3, 0.4) is 0 Å². The zero-order chi connectivity index (χ0) is 17.6. The fourth-order valence-corrected chi connectivity index (χ4v) is 4.11. The molecule has 2 aliphatic heterocycles. The second-order valence-corrected chi connectivity index (χ2v) is 7.78. The van der Waals surface area contributed by atoms with Crippen LogP contribution in [0.25, 0.3) is 0 Å². The minimum absolute atomic E-state index is 0.124. The zero-order valence-electron chi connectivity index (χ0n) is 13.6. The molecule has 0 unspecified atom stereocenters. The number of hydrogen-bond acceptors (Lipinski definition) is 5. The zero-order valence-corrected chi connectivity index (χ0v) is 14.4. The lowest BCUT2D eigenvalue weighted by molar-refractivity contribution is -0.115. The molecule has 25 heavy (non-hydrogen) atoms. The number of anilines is 3. The fraction of sp³-hybridized carbons (Fsp3) is 0.235. The van der Waals surface area contributed by atoms with Gasteiger partial charge in [0, 0.05) is 18.8 Å². The Kier molecular flexibility index (Phi) is 3.57. The number of nitrogens with zero attached hydrogens (tertiary/aromatic N) is 1. The summed E-state index contributed by atoms with van der Waals surface area (Å²) >= 11 is 0. The summed E-state index contributed by atoms with van der Waals surface area (Å²) < 4.78 is 33.5. The molecule has 7 nitrogen and oxygen atoms in total. The van der Waals surface area contributed by atoms with E-state index in [2.05, 4.69) is 14.9 Å². The number of hydrogen-bond donors (Lipinski definition) is 2. The van der Waals surface area contributed by atoms with Crippen LogP contribution in [0.1, 0.15) is 5.56 Å². The Balaban J connectivity index is 1.62. The first kappa shape index (κ1) is 15.8. The number of fused-ring (bicyclic) bond motifs is 2. The van der Waals surface area contributed by atoms with Crippen molar-refractivity contribution in [2.24, 2.45) is 0 Å². The van der Waals surface area contributed by atoms with E-state index >= 15 is 0 Å². The lowest BCUT2D eigenvalue weighted by Crippen LogP contribution is -2.28. The standard InChI is InChI=1S/C17H17N3O4S/c1-20-6-7-24-16-10-12(2-5-15(16)20)19-25(22,23)13-3-4-14-11(8-13)9-17(21)18-14/h2-5,8,10,19H,6-7,9H2,1H3,(H,18,21). The number of likely N-dealkylation sites (N-methyl/N-ethyl adjacent to an activating group) is 1. The van der Waals surface area contributed by atoms with E-state index in [1.807, 2.05) is 13.1 Å². The van der Waals surface area contributed by atoms with Gasteiger partial charge in [0.25, 0.3) is 10.0 Å². The third-order valence-electron chi connectivity index (χ3n) is 4.32. The second-order valence-electron chi connectivity index (χ2n) is 6.10.